The number of hydrogen-bond donors (Lipinski definition) is 2. The molecule has 0 radical (unpaired) electrons. The highest BCUT2D eigenvalue weighted by Crippen LogP contribution is 2.34. The minimum absolute atomic E-state index is 0.0268. The summed E-state index contributed by atoms with van der Waals surface area (Å²) in [5.74, 6) is 0.582. The molecule has 2 fully saturated rings. The quantitative estimate of drug-likeness (QED) is 0.596. The van der Waals surface area contributed by atoms with Gasteiger partial charge in [0.1, 0.15) is 0 Å². The predicted octanol–water partition coefficient (Wildman–Crippen LogP) is 4.76. The Kier molecular flexibility index (Phi) is 8.21. The van der Waals surface area contributed by atoms with E-state index < -0.39 is 5.60 Å². The van der Waals surface area contributed by atoms with Crippen molar-refractivity contribution in [2.75, 3.05) is 32.7 Å². The fourth-order valence-corrected chi connectivity index (χ4v) is 5.55. The van der Waals surface area contributed by atoms with E-state index in [1.165, 1.54) is 0 Å². The largest absolute Gasteiger partial charge is 0.388 e. The molecule has 0 saturated carbocycles. The van der Waals surface area contributed by atoms with Crippen molar-refractivity contribution in [3.05, 3.63) is 69.7 Å². The summed E-state index contributed by atoms with van der Waals surface area (Å²) in [6, 6.07) is 15.5. The third-order valence-corrected chi connectivity index (χ3v) is 7.71. The Labute approximate surface area is 213 Å². The second-order valence-electron chi connectivity index (χ2n) is 10.2. The van der Waals surface area contributed by atoms with Crippen LogP contribution >= 0.6 is 23.2 Å². The lowest BCUT2D eigenvalue weighted by Gasteiger charge is -2.49. The summed E-state index contributed by atoms with van der Waals surface area (Å²) in [7, 11) is 0. The van der Waals surface area contributed by atoms with Crippen LogP contribution in [-0.4, -0.2) is 65.2 Å². The number of nitrogens with zero attached hydrogens (tertiary/aromatic N) is 2. The van der Waals surface area contributed by atoms with Gasteiger partial charge in [-0.05, 0) is 81.1 Å². The molecule has 2 heterocycles. The van der Waals surface area contributed by atoms with Gasteiger partial charge in [-0.1, -0.05) is 47.5 Å². The Morgan fingerprint density at radius 3 is 2.03 bits per heavy atom. The van der Waals surface area contributed by atoms with Gasteiger partial charge in [0.2, 0.25) is 5.91 Å². The maximum absolute atomic E-state index is 13.4. The van der Waals surface area contributed by atoms with E-state index in [4.69, 9.17) is 23.2 Å². The van der Waals surface area contributed by atoms with E-state index in [1.54, 1.807) is 0 Å². The number of benzene rings is 2. The summed E-state index contributed by atoms with van der Waals surface area (Å²) in [6.07, 6.45) is 2.63. The van der Waals surface area contributed by atoms with Gasteiger partial charge in [-0.25, -0.2) is 0 Å². The van der Waals surface area contributed by atoms with Crippen LogP contribution in [0.25, 0.3) is 0 Å². The van der Waals surface area contributed by atoms with Crippen LogP contribution in [0.5, 0.6) is 0 Å². The molecule has 0 spiro atoms. The van der Waals surface area contributed by atoms with E-state index in [0.717, 1.165) is 43.6 Å². The van der Waals surface area contributed by atoms with Crippen LogP contribution in [0.4, 0.5) is 0 Å². The monoisotopic (exact) mass is 503 g/mol. The second kappa shape index (κ2) is 11.0. The third-order valence-electron chi connectivity index (χ3n) is 7.21. The van der Waals surface area contributed by atoms with E-state index in [-0.39, 0.29) is 18.0 Å². The summed E-state index contributed by atoms with van der Waals surface area (Å²) >= 11 is 12.3. The van der Waals surface area contributed by atoms with Gasteiger partial charge in [-0.2, -0.15) is 0 Å². The van der Waals surface area contributed by atoms with Crippen LogP contribution < -0.4 is 5.32 Å². The number of halogens is 2. The topological polar surface area (TPSA) is 55.8 Å². The van der Waals surface area contributed by atoms with Crippen LogP contribution in [0.1, 0.15) is 50.3 Å². The molecular weight excluding hydrogens is 469 g/mol. The number of nitrogens with one attached hydrogen (secondary N) is 1. The van der Waals surface area contributed by atoms with Crippen LogP contribution in [0.15, 0.2) is 48.5 Å². The SMILES string of the molecule is CC(C)(O)[C@H]1CN(C(c2ccc(Cl)cc2)c2ccc(Cl)cc2)CCN1C(=O)CC1CCNCC1. The predicted molar refractivity (Wildman–Crippen MR) is 138 cm³/mol. The number of piperazine rings is 1. The number of rotatable bonds is 6. The molecule has 184 valence electrons. The third kappa shape index (κ3) is 6.13. The molecule has 2 aromatic rings. The average Bonchev–Trinajstić information content (AvgIpc) is 2.82. The number of aliphatic hydroxyl groups is 1. The van der Waals surface area contributed by atoms with Gasteiger partial charge in [0.05, 0.1) is 17.7 Å². The zero-order valence-corrected chi connectivity index (χ0v) is 21.5. The summed E-state index contributed by atoms with van der Waals surface area (Å²) in [6.45, 7) is 7.47. The van der Waals surface area contributed by atoms with E-state index in [1.807, 2.05) is 43.0 Å². The maximum Gasteiger partial charge on any atom is 0.223 e. The van der Waals surface area contributed by atoms with Crippen LogP contribution in [0.3, 0.4) is 0 Å². The fourth-order valence-electron chi connectivity index (χ4n) is 5.30. The van der Waals surface area contributed by atoms with Gasteiger partial charge in [-0.15, -0.1) is 0 Å². The molecule has 7 heteroatoms. The van der Waals surface area contributed by atoms with Gasteiger partial charge >= 0.3 is 0 Å². The molecule has 0 aliphatic carbocycles. The minimum atomic E-state index is -1.02. The molecule has 2 aliphatic rings. The lowest BCUT2D eigenvalue weighted by Crippen LogP contribution is -2.63. The molecule has 0 bridgehead atoms. The maximum atomic E-state index is 13.4. The standard InChI is InChI=1S/C27H35Cl2N3O2/c1-27(2,34)24-18-31(15-16-32(24)25(33)17-19-11-13-30-14-12-19)26(20-3-7-22(28)8-4-20)21-5-9-23(29)10-6-21/h3-10,19,24,26,30,34H,11-18H2,1-2H3/t24-/m1/s1. The molecule has 34 heavy (non-hydrogen) atoms. The average molecular weight is 505 g/mol. The molecule has 1 atom stereocenters. The van der Waals surface area contributed by atoms with Crippen molar-refractivity contribution in [2.45, 2.75) is 50.8 Å². The number of carbonyl (C=O) groups is 1. The first kappa shape index (κ1) is 25.5. The van der Waals surface area contributed by atoms with Crippen molar-refractivity contribution in [2.24, 2.45) is 5.92 Å². The number of piperidine rings is 1. The van der Waals surface area contributed by atoms with Gasteiger partial charge < -0.3 is 15.3 Å². The van der Waals surface area contributed by atoms with Crippen LogP contribution in [-0.2, 0) is 4.79 Å². The summed E-state index contributed by atoms with van der Waals surface area (Å²) in [5.41, 5.74) is 1.22. The first-order chi connectivity index (χ1) is 16.2. The Bertz CT molecular complexity index is 908. The molecule has 4 rings (SSSR count). The van der Waals surface area contributed by atoms with Crippen LogP contribution in [0, 0.1) is 5.92 Å². The summed E-state index contributed by atoms with van der Waals surface area (Å²) in [4.78, 5) is 17.7. The van der Waals surface area contributed by atoms with E-state index in [0.29, 0.717) is 35.5 Å². The fraction of sp³-hybridized carbons (Fsp3) is 0.519. The summed E-state index contributed by atoms with van der Waals surface area (Å²) < 4.78 is 0. The van der Waals surface area contributed by atoms with Crippen molar-refractivity contribution < 1.29 is 9.90 Å². The first-order valence-electron chi connectivity index (χ1n) is 12.2. The number of hydrogen-bond acceptors (Lipinski definition) is 4. The highest BCUT2D eigenvalue weighted by Gasteiger charge is 2.41. The Morgan fingerprint density at radius 1 is 1.00 bits per heavy atom. The lowest BCUT2D eigenvalue weighted by molar-refractivity contribution is -0.146. The number of carbonyl (C=O) groups excluding carboxylic acids is 1. The second-order valence-corrected chi connectivity index (χ2v) is 11.0. The molecule has 2 N–H and O–H groups in total. The zero-order valence-electron chi connectivity index (χ0n) is 20.0. The molecule has 0 unspecified atom stereocenters. The Balaban J connectivity index is 1.59. The molecule has 2 aromatic carbocycles. The first-order valence-corrected chi connectivity index (χ1v) is 13.0. The summed E-state index contributed by atoms with van der Waals surface area (Å²) in [5, 5.41) is 15.9. The van der Waals surface area contributed by atoms with Crippen molar-refractivity contribution in [1.82, 2.24) is 15.1 Å². The number of amides is 1. The van der Waals surface area contributed by atoms with Crippen molar-refractivity contribution in [3.63, 3.8) is 0 Å². The normalized spacial score (nSPS) is 20.6. The molecule has 1 amide bonds. The zero-order chi connectivity index (χ0) is 24.3. The molecule has 2 aliphatic heterocycles. The van der Waals surface area contributed by atoms with Gasteiger partial charge in [0.15, 0.2) is 0 Å². The van der Waals surface area contributed by atoms with E-state index in [2.05, 4.69) is 34.5 Å². The highest BCUT2D eigenvalue weighted by atomic mass is 35.5. The van der Waals surface area contributed by atoms with Crippen molar-refractivity contribution >= 4 is 29.1 Å². The van der Waals surface area contributed by atoms with Crippen molar-refractivity contribution in [1.29, 1.82) is 0 Å². The Hall–Kier alpha value is -1.63. The highest BCUT2D eigenvalue weighted by molar-refractivity contribution is 6.30. The smallest absolute Gasteiger partial charge is 0.223 e. The van der Waals surface area contributed by atoms with Crippen LogP contribution in [0.2, 0.25) is 10.0 Å². The van der Waals surface area contributed by atoms with Gasteiger partial charge in [-0.3, -0.25) is 9.69 Å². The van der Waals surface area contributed by atoms with Crippen molar-refractivity contribution in [3.8, 4) is 0 Å². The minimum Gasteiger partial charge on any atom is -0.388 e. The lowest BCUT2D eigenvalue weighted by atomic mass is 9.89. The van der Waals surface area contributed by atoms with E-state index >= 15 is 0 Å². The Morgan fingerprint density at radius 2 is 1.53 bits per heavy atom. The molecule has 0 aromatic heterocycles. The molecule has 5 nitrogen and oxygen atoms in total. The van der Waals surface area contributed by atoms with Gasteiger partial charge in [0.25, 0.3) is 0 Å². The molecule has 2 saturated heterocycles. The van der Waals surface area contributed by atoms with E-state index in [9.17, 15) is 9.90 Å². The molecular formula is C27H35Cl2N3O2. The van der Waals surface area contributed by atoms with Gasteiger partial charge in [0, 0.05) is 36.1 Å².